The molecule has 1 aliphatic heterocycles. The third-order valence-corrected chi connectivity index (χ3v) is 3.59. The number of cyclic esters (lactones) is 1. The predicted molar refractivity (Wildman–Crippen MR) is 66.3 cm³/mol. The van der Waals surface area contributed by atoms with Gasteiger partial charge in [-0.15, -0.1) is 0 Å². The van der Waals surface area contributed by atoms with E-state index in [1.165, 1.54) is 4.90 Å². The maximum atomic E-state index is 12.2. The van der Waals surface area contributed by atoms with Crippen LogP contribution in [0.2, 0.25) is 0 Å². The molecule has 0 radical (unpaired) electrons. The lowest BCUT2D eigenvalue weighted by Crippen LogP contribution is -2.45. The minimum atomic E-state index is -0.762. The Hall–Kier alpha value is -2.04. The van der Waals surface area contributed by atoms with Gasteiger partial charge in [0.15, 0.2) is 0 Å². The SMILES string of the molecule is O=C1OCCN1C1(C(=O)OCc2ccccc2)CC1. The molecular formula is C14H15NO4. The van der Waals surface area contributed by atoms with Crippen molar-refractivity contribution in [2.45, 2.75) is 25.0 Å². The second-order valence-electron chi connectivity index (χ2n) is 4.86. The summed E-state index contributed by atoms with van der Waals surface area (Å²) in [6.45, 7) is 1.07. The first kappa shape index (κ1) is 12.0. The van der Waals surface area contributed by atoms with Crippen LogP contribution in [0.3, 0.4) is 0 Å². The first-order chi connectivity index (χ1) is 9.22. The van der Waals surface area contributed by atoms with Crippen LogP contribution in [0.15, 0.2) is 30.3 Å². The summed E-state index contributed by atoms with van der Waals surface area (Å²) in [6.07, 6.45) is 0.917. The summed E-state index contributed by atoms with van der Waals surface area (Å²) < 4.78 is 10.2. The van der Waals surface area contributed by atoms with Crippen molar-refractivity contribution in [2.24, 2.45) is 0 Å². The number of nitrogens with zero attached hydrogens (tertiary/aromatic N) is 1. The van der Waals surface area contributed by atoms with E-state index in [1.807, 2.05) is 30.3 Å². The monoisotopic (exact) mass is 261 g/mol. The van der Waals surface area contributed by atoms with Crippen LogP contribution >= 0.6 is 0 Å². The molecule has 1 aliphatic carbocycles. The zero-order valence-electron chi connectivity index (χ0n) is 10.5. The molecule has 0 atom stereocenters. The number of benzene rings is 1. The van der Waals surface area contributed by atoms with E-state index in [1.54, 1.807) is 0 Å². The topological polar surface area (TPSA) is 55.8 Å². The average molecular weight is 261 g/mol. The fourth-order valence-electron chi connectivity index (χ4n) is 2.34. The molecule has 2 fully saturated rings. The first-order valence-electron chi connectivity index (χ1n) is 6.38. The van der Waals surface area contributed by atoms with Crippen molar-refractivity contribution in [1.29, 1.82) is 0 Å². The van der Waals surface area contributed by atoms with E-state index < -0.39 is 11.6 Å². The summed E-state index contributed by atoms with van der Waals surface area (Å²) in [7, 11) is 0. The second kappa shape index (κ2) is 4.57. The number of hydrogen-bond acceptors (Lipinski definition) is 4. The Morgan fingerprint density at radius 3 is 2.63 bits per heavy atom. The summed E-state index contributed by atoms with van der Waals surface area (Å²) in [5.41, 5.74) is 0.179. The van der Waals surface area contributed by atoms with Gasteiger partial charge in [0, 0.05) is 0 Å². The Kier molecular flexibility index (Phi) is 2.89. The first-order valence-corrected chi connectivity index (χ1v) is 6.38. The van der Waals surface area contributed by atoms with Gasteiger partial charge in [-0.3, -0.25) is 4.90 Å². The number of ether oxygens (including phenoxy) is 2. The highest BCUT2D eigenvalue weighted by molar-refractivity contribution is 5.89. The molecule has 1 saturated carbocycles. The van der Waals surface area contributed by atoms with Crippen molar-refractivity contribution in [3.8, 4) is 0 Å². The summed E-state index contributed by atoms with van der Waals surface area (Å²) >= 11 is 0. The molecule has 0 N–H and O–H groups in total. The van der Waals surface area contributed by atoms with Crippen molar-refractivity contribution in [3.05, 3.63) is 35.9 Å². The van der Waals surface area contributed by atoms with Crippen molar-refractivity contribution < 1.29 is 19.1 Å². The average Bonchev–Trinajstić information content (AvgIpc) is 3.14. The summed E-state index contributed by atoms with van der Waals surface area (Å²) in [5.74, 6) is -0.324. The molecular weight excluding hydrogens is 246 g/mol. The summed E-state index contributed by atoms with van der Waals surface area (Å²) in [4.78, 5) is 25.2. The van der Waals surface area contributed by atoms with Gasteiger partial charge in [-0.05, 0) is 18.4 Å². The molecule has 1 aromatic rings. The number of rotatable bonds is 4. The van der Waals surface area contributed by atoms with E-state index in [2.05, 4.69) is 0 Å². The lowest BCUT2D eigenvalue weighted by Gasteiger charge is -2.23. The fourth-order valence-corrected chi connectivity index (χ4v) is 2.34. The van der Waals surface area contributed by atoms with Crippen LogP contribution in [0.4, 0.5) is 4.79 Å². The molecule has 1 heterocycles. The maximum Gasteiger partial charge on any atom is 0.410 e. The number of esters is 1. The van der Waals surface area contributed by atoms with Gasteiger partial charge >= 0.3 is 12.1 Å². The summed E-state index contributed by atoms with van der Waals surface area (Å²) in [6, 6.07) is 9.50. The Morgan fingerprint density at radius 2 is 2.05 bits per heavy atom. The Labute approximate surface area is 111 Å². The van der Waals surface area contributed by atoms with Crippen LogP contribution in [0.25, 0.3) is 0 Å². The molecule has 3 rings (SSSR count). The third kappa shape index (κ3) is 2.16. The standard InChI is InChI=1S/C14H15NO4/c16-12(19-10-11-4-2-1-3-5-11)14(6-7-14)15-8-9-18-13(15)17/h1-5H,6-10H2. The molecule has 1 aromatic carbocycles. The molecule has 0 unspecified atom stereocenters. The van der Waals surface area contributed by atoms with Gasteiger partial charge < -0.3 is 9.47 Å². The highest BCUT2D eigenvalue weighted by Crippen LogP contribution is 2.44. The quantitative estimate of drug-likeness (QED) is 0.774. The highest BCUT2D eigenvalue weighted by Gasteiger charge is 2.59. The minimum Gasteiger partial charge on any atom is -0.459 e. The molecule has 0 spiro atoms. The predicted octanol–water partition coefficient (Wildman–Crippen LogP) is 1.71. The zero-order valence-corrected chi connectivity index (χ0v) is 10.5. The number of carbonyl (C=O) groups is 2. The van der Waals surface area contributed by atoms with E-state index in [-0.39, 0.29) is 12.6 Å². The molecule has 5 nitrogen and oxygen atoms in total. The van der Waals surface area contributed by atoms with Gasteiger partial charge in [0.1, 0.15) is 18.8 Å². The van der Waals surface area contributed by atoms with Gasteiger partial charge in [0.05, 0.1) is 6.54 Å². The van der Waals surface area contributed by atoms with Crippen molar-refractivity contribution in [1.82, 2.24) is 4.90 Å². The van der Waals surface area contributed by atoms with Crippen LogP contribution in [-0.2, 0) is 20.9 Å². The zero-order chi connectivity index (χ0) is 13.3. The van der Waals surface area contributed by atoms with E-state index >= 15 is 0 Å². The number of carbonyl (C=O) groups excluding carboxylic acids is 2. The molecule has 5 heteroatoms. The van der Waals surface area contributed by atoms with Crippen LogP contribution in [-0.4, -0.2) is 35.7 Å². The molecule has 1 amide bonds. The molecule has 100 valence electrons. The minimum absolute atomic E-state index is 0.240. The Balaban J connectivity index is 1.63. The van der Waals surface area contributed by atoms with Crippen molar-refractivity contribution >= 4 is 12.1 Å². The van der Waals surface area contributed by atoms with E-state index in [9.17, 15) is 9.59 Å². The van der Waals surface area contributed by atoms with E-state index in [0.29, 0.717) is 26.0 Å². The molecule has 1 saturated heterocycles. The largest absolute Gasteiger partial charge is 0.459 e. The second-order valence-corrected chi connectivity index (χ2v) is 4.86. The van der Waals surface area contributed by atoms with Crippen LogP contribution < -0.4 is 0 Å². The Bertz CT molecular complexity index is 495. The smallest absolute Gasteiger partial charge is 0.410 e. The molecule has 0 aromatic heterocycles. The molecule has 0 bridgehead atoms. The molecule has 19 heavy (non-hydrogen) atoms. The summed E-state index contributed by atoms with van der Waals surface area (Å²) in [5, 5.41) is 0. The lowest BCUT2D eigenvalue weighted by molar-refractivity contribution is -0.151. The normalized spacial score (nSPS) is 20.0. The maximum absolute atomic E-state index is 12.2. The van der Waals surface area contributed by atoms with Crippen molar-refractivity contribution in [3.63, 3.8) is 0 Å². The van der Waals surface area contributed by atoms with Crippen LogP contribution in [0.5, 0.6) is 0 Å². The van der Waals surface area contributed by atoms with Crippen LogP contribution in [0, 0.1) is 0 Å². The van der Waals surface area contributed by atoms with Gasteiger partial charge in [0.25, 0.3) is 0 Å². The van der Waals surface area contributed by atoms with Crippen LogP contribution in [0.1, 0.15) is 18.4 Å². The lowest BCUT2D eigenvalue weighted by atomic mass is 10.2. The van der Waals surface area contributed by atoms with Gasteiger partial charge in [0.2, 0.25) is 0 Å². The highest BCUT2D eigenvalue weighted by atomic mass is 16.6. The fraction of sp³-hybridized carbons (Fsp3) is 0.429. The Morgan fingerprint density at radius 1 is 1.32 bits per heavy atom. The van der Waals surface area contributed by atoms with Gasteiger partial charge in [-0.1, -0.05) is 30.3 Å². The third-order valence-electron chi connectivity index (χ3n) is 3.59. The number of amides is 1. The van der Waals surface area contributed by atoms with Gasteiger partial charge in [-0.2, -0.15) is 0 Å². The van der Waals surface area contributed by atoms with Gasteiger partial charge in [-0.25, -0.2) is 9.59 Å². The van der Waals surface area contributed by atoms with E-state index in [4.69, 9.17) is 9.47 Å². The number of hydrogen-bond donors (Lipinski definition) is 0. The van der Waals surface area contributed by atoms with Crippen molar-refractivity contribution in [2.75, 3.05) is 13.2 Å². The van der Waals surface area contributed by atoms with E-state index in [0.717, 1.165) is 5.56 Å². The molecule has 2 aliphatic rings.